The number of hydrogen-bond acceptors (Lipinski definition) is 5. The standard InChI is InChI=1S/C14H13N3O2S2/c1-7(12(15)18)17-6-16-13-11(14(17)19)10(8(2)21-13)9-4-3-5-20-9/h3-7H,1-2H3,(H2,15,18). The SMILES string of the molecule is Cc1sc2ncn(C(C)C(N)=O)c(=O)c2c1-c1cccs1. The molecule has 108 valence electrons. The molecule has 0 bridgehead atoms. The highest BCUT2D eigenvalue weighted by Crippen LogP contribution is 2.37. The minimum absolute atomic E-state index is 0.223. The van der Waals surface area contributed by atoms with E-state index in [1.807, 2.05) is 24.4 Å². The van der Waals surface area contributed by atoms with Crippen molar-refractivity contribution in [3.63, 3.8) is 0 Å². The highest BCUT2D eigenvalue weighted by Gasteiger charge is 2.20. The van der Waals surface area contributed by atoms with Gasteiger partial charge in [0.15, 0.2) is 0 Å². The zero-order chi connectivity index (χ0) is 15.1. The summed E-state index contributed by atoms with van der Waals surface area (Å²) in [5.41, 5.74) is 5.98. The molecule has 3 heterocycles. The molecule has 3 aromatic rings. The summed E-state index contributed by atoms with van der Waals surface area (Å²) in [5, 5.41) is 2.54. The van der Waals surface area contributed by atoms with Crippen LogP contribution in [0.15, 0.2) is 28.6 Å². The molecule has 3 aromatic heterocycles. The molecule has 0 fully saturated rings. The fourth-order valence-electron chi connectivity index (χ4n) is 2.25. The number of rotatable bonds is 3. The van der Waals surface area contributed by atoms with Gasteiger partial charge in [0.05, 0.1) is 11.7 Å². The van der Waals surface area contributed by atoms with Gasteiger partial charge in [-0.25, -0.2) is 4.98 Å². The molecule has 0 spiro atoms. The molecule has 1 unspecified atom stereocenters. The van der Waals surface area contributed by atoms with E-state index in [-0.39, 0.29) is 5.56 Å². The van der Waals surface area contributed by atoms with Gasteiger partial charge in [0.2, 0.25) is 5.91 Å². The van der Waals surface area contributed by atoms with E-state index in [0.29, 0.717) is 10.2 Å². The average molecular weight is 319 g/mol. The minimum atomic E-state index is -0.717. The van der Waals surface area contributed by atoms with E-state index in [1.165, 1.54) is 22.2 Å². The molecule has 1 atom stereocenters. The molecule has 5 nitrogen and oxygen atoms in total. The Balaban J connectivity index is 2.35. The average Bonchev–Trinajstić information content (AvgIpc) is 3.05. The highest BCUT2D eigenvalue weighted by molar-refractivity contribution is 7.20. The van der Waals surface area contributed by atoms with Gasteiger partial charge in [0.25, 0.3) is 5.56 Å². The number of primary amides is 1. The van der Waals surface area contributed by atoms with E-state index in [0.717, 1.165) is 15.3 Å². The number of thiophene rings is 2. The lowest BCUT2D eigenvalue weighted by Crippen LogP contribution is -2.32. The highest BCUT2D eigenvalue weighted by atomic mass is 32.1. The molecule has 7 heteroatoms. The van der Waals surface area contributed by atoms with E-state index in [4.69, 9.17) is 5.73 Å². The maximum Gasteiger partial charge on any atom is 0.263 e. The lowest BCUT2D eigenvalue weighted by atomic mass is 10.1. The molecule has 0 aliphatic rings. The van der Waals surface area contributed by atoms with Crippen molar-refractivity contribution in [2.24, 2.45) is 5.73 Å². The van der Waals surface area contributed by atoms with Crippen molar-refractivity contribution in [3.8, 4) is 10.4 Å². The number of aryl methyl sites for hydroxylation is 1. The summed E-state index contributed by atoms with van der Waals surface area (Å²) < 4.78 is 1.30. The summed E-state index contributed by atoms with van der Waals surface area (Å²) in [5.74, 6) is -0.553. The summed E-state index contributed by atoms with van der Waals surface area (Å²) >= 11 is 3.06. The molecule has 3 rings (SSSR count). The maximum atomic E-state index is 12.7. The predicted octanol–water partition coefficient (Wildman–Crippen LogP) is 2.54. The topological polar surface area (TPSA) is 78.0 Å². The van der Waals surface area contributed by atoms with Gasteiger partial charge >= 0.3 is 0 Å². The third-order valence-electron chi connectivity index (χ3n) is 3.41. The van der Waals surface area contributed by atoms with Gasteiger partial charge in [0, 0.05) is 15.3 Å². The van der Waals surface area contributed by atoms with E-state index in [1.54, 1.807) is 18.3 Å². The van der Waals surface area contributed by atoms with Gasteiger partial charge in [-0.3, -0.25) is 14.2 Å². The normalized spacial score (nSPS) is 12.7. The predicted molar refractivity (Wildman–Crippen MR) is 85.8 cm³/mol. The molecule has 0 saturated heterocycles. The van der Waals surface area contributed by atoms with Crippen molar-refractivity contribution in [1.82, 2.24) is 9.55 Å². The Labute approximate surface area is 128 Å². The van der Waals surface area contributed by atoms with Gasteiger partial charge in [-0.15, -0.1) is 22.7 Å². The number of aromatic nitrogens is 2. The van der Waals surface area contributed by atoms with Crippen molar-refractivity contribution in [2.45, 2.75) is 19.9 Å². The minimum Gasteiger partial charge on any atom is -0.368 e. The van der Waals surface area contributed by atoms with Gasteiger partial charge in [-0.05, 0) is 25.3 Å². The van der Waals surface area contributed by atoms with Crippen LogP contribution in [0.5, 0.6) is 0 Å². The first-order chi connectivity index (χ1) is 10.0. The number of nitrogens with two attached hydrogens (primary N) is 1. The first-order valence-electron chi connectivity index (χ1n) is 6.34. The van der Waals surface area contributed by atoms with Crippen LogP contribution in [0.2, 0.25) is 0 Å². The summed E-state index contributed by atoms with van der Waals surface area (Å²) in [6.45, 7) is 3.57. The summed E-state index contributed by atoms with van der Waals surface area (Å²) in [6.07, 6.45) is 1.40. The quantitative estimate of drug-likeness (QED) is 0.806. The van der Waals surface area contributed by atoms with Crippen LogP contribution < -0.4 is 11.3 Å². The van der Waals surface area contributed by atoms with Crippen LogP contribution in [0.3, 0.4) is 0 Å². The lowest BCUT2D eigenvalue weighted by molar-refractivity contribution is -0.120. The van der Waals surface area contributed by atoms with Crippen molar-refractivity contribution >= 4 is 38.8 Å². The van der Waals surface area contributed by atoms with Gasteiger partial charge < -0.3 is 5.73 Å². The largest absolute Gasteiger partial charge is 0.368 e. The molecule has 21 heavy (non-hydrogen) atoms. The molecular formula is C14H13N3O2S2. The monoisotopic (exact) mass is 319 g/mol. The van der Waals surface area contributed by atoms with Crippen LogP contribution in [0.1, 0.15) is 17.8 Å². The Bertz CT molecular complexity index is 878. The summed E-state index contributed by atoms with van der Waals surface area (Å²) in [6, 6.07) is 3.21. The number of carbonyl (C=O) groups is 1. The van der Waals surface area contributed by atoms with Crippen LogP contribution in [0.4, 0.5) is 0 Å². The molecule has 0 saturated carbocycles. The van der Waals surface area contributed by atoms with Crippen molar-refractivity contribution in [3.05, 3.63) is 39.1 Å². The second kappa shape index (κ2) is 5.09. The van der Waals surface area contributed by atoms with E-state index < -0.39 is 11.9 Å². The smallest absolute Gasteiger partial charge is 0.263 e. The van der Waals surface area contributed by atoms with Crippen molar-refractivity contribution in [1.29, 1.82) is 0 Å². The van der Waals surface area contributed by atoms with E-state index >= 15 is 0 Å². The number of nitrogens with zero attached hydrogens (tertiary/aromatic N) is 2. The second-order valence-corrected chi connectivity index (χ2v) is 6.88. The molecule has 1 amide bonds. The first-order valence-corrected chi connectivity index (χ1v) is 8.03. The Morgan fingerprint density at radius 3 is 2.86 bits per heavy atom. The summed E-state index contributed by atoms with van der Waals surface area (Å²) in [4.78, 5) is 31.2. The zero-order valence-electron chi connectivity index (χ0n) is 11.5. The Morgan fingerprint density at radius 1 is 1.48 bits per heavy atom. The van der Waals surface area contributed by atoms with Gasteiger partial charge in [-0.2, -0.15) is 0 Å². The van der Waals surface area contributed by atoms with E-state index in [2.05, 4.69) is 4.98 Å². The third-order valence-corrected chi connectivity index (χ3v) is 5.31. The summed E-state index contributed by atoms with van der Waals surface area (Å²) in [7, 11) is 0. The van der Waals surface area contributed by atoms with Crippen LogP contribution in [0, 0.1) is 6.92 Å². The second-order valence-electron chi connectivity index (χ2n) is 4.73. The number of carbonyl (C=O) groups excluding carboxylic acids is 1. The molecule has 0 aliphatic heterocycles. The molecule has 0 aromatic carbocycles. The van der Waals surface area contributed by atoms with E-state index in [9.17, 15) is 9.59 Å². The molecular weight excluding hydrogens is 306 g/mol. The zero-order valence-corrected chi connectivity index (χ0v) is 13.1. The third kappa shape index (κ3) is 2.18. The number of hydrogen-bond donors (Lipinski definition) is 1. The van der Waals surface area contributed by atoms with Crippen LogP contribution in [-0.4, -0.2) is 15.5 Å². The van der Waals surface area contributed by atoms with Crippen LogP contribution in [0.25, 0.3) is 20.7 Å². The van der Waals surface area contributed by atoms with Crippen molar-refractivity contribution < 1.29 is 4.79 Å². The fourth-order valence-corrected chi connectivity index (χ4v) is 4.14. The fraction of sp³-hybridized carbons (Fsp3) is 0.214. The maximum absolute atomic E-state index is 12.7. The number of fused-ring (bicyclic) bond motifs is 1. The van der Waals surface area contributed by atoms with Crippen LogP contribution >= 0.6 is 22.7 Å². The molecule has 2 N–H and O–H groups in total. The van der Waals surface area contributed by atoms with Crippen LogP contribution in [-0.2, 0) is 4.79 Å². The van der Waals surface area contributed by atoms with Gasteiger partial charge in [-0.1, -0.05) is 6.07 Å². The molecule has 0 radical (unpaired) electrons. The lowest BCUT2D eigenvalue weighted by Gasteiger charge is -2.10. The van der Waals surface area contributed by atoms with Gasteiger partial charge in [0.1, 0.15) is 10.9 Å². The van der Waals surface area contributed by atoms with Crippen molar-refractivity contribution in [2.75, 3.05) is 0 Å². The number of amides is 1. The Kier molecular flexibility index (Phi) is 3.38. The molecule has 0 aliphatic carbocycles. The first kappa shape index (κ1) is 14.0. The Hall–Kier alpha value is -1.99. The Morgan fingerprint density at radius 2 is 2.24 bits per heavy atom.